The van der Waals surface area contributed by atoms with Crippen molar-refractivity contribution in [1.82, 2.24) is 0 Å². The Kier molecular flexibility index (Phi) is 4.74. The molecule has 28 heavy (non-hydrogen) atoms. The number of hydrogen-bond acceptors (Lipinski definition) is 2. The van der Waals surface area contributed by atoms with E-state index in [1.807, 2.05) is 0 Å². The van der Waals surface area contributed by atoms with Crippen molar-refractivity contribution in [3.8, 4) is 22.3 Å². The summed E-state index contributed by atoms with van der Waals surface area (Å²) in [6.45, 7) is 0. The maximum atomic E-state index is 13.7. The highest BCUT2D eigenvalue weighted by Crippen LogP contribution is 2.45. The third kappa shape index (κ3) is 3.90. The summed E-state index contributed by atoms with van der Waals surface area (Å²) in [7, 11) is 0. The molecule has 0 fully saturated rings. The number of alkyl halides is 6. The summed E-state index contributed by atoms with van der Waals surface area (Å²) in [5, 5.41) is 0. The van der Waals surface area contributed by atoms with Gasteiger partial charge in [-0.15, -0.1) is 0 Å². The second kappa shape index (κ2) is 6.78. The van der Waals surface area contributed by atoms with Gasteiger partial charge < -0.3 is 11.5 Å². The minimum Gasteiger partial charge on any atom is -0.399 e. The van der Waals surface area contributed by atoms with Gasteiger partial charge in [-0.05, 0) is 58.7 Å². The predicted octanol–water partition coefficient (Wildman–Crippen LogP) is 6.22. The van der Waals surface area contributed by atoms with Crippen molar-refractivity contribution in [3.63, 3.8) is 0 Å². The van der Waals surface area contributed by atoms with E-state index in [-0.39, 0.29) is 22.5 Å². The molecule has 4 N–H and O–H groups in total. The molecule has 3 rings (SSSR count). The Bertz CT molecular complexity index is 904. The zero-order valence-electron chi connectivity index (χ0n) is 14.2. The number of nitrogens with two attached hydrogens (primary N) is 2. The van der Waals surface area contributed by atoms with E-state index in [4.69, 9.17) is 11.5 Å². The van der Waals surface area contributed by atoms with Crippen molar-refractivity contribution >= 4 is 11.4 Å². The molecule has 0 aromatic heterocycles. The van der Waals surface area contributed by atoms with E-state index in [1.165, 1.54) is 48.5 Å². The van der Waals surface area contributed by atoms with E-state index < -0.39 is 34.6 Å². The molecule has 3 aromatic rings. The number of halogens is 6. The fraction of sp³-hybridized carbons (Fsp3) is 0.100. The van der Waals surface area contributed by atoms with Gasteiger partial charge >= 0.3 is 12.4 Å². The Morgan fingerprint density at radius 2 is 0.786 bits per heavy atom. The fourth-order valence-electron chi connectivity index (χ4n) is 2.87. The van der Waals surface area contributed by atoms with Gasteiger partial charge in [-0.25, -0.2) is 0 Å². The van der Waals surface area contributed by atoms with Gasteiger partial charge in [0.2, 0.25) is 0 Å². The van der Waals surface area contributed by atoms with Crippen molar-refractivity contribution in [3.05, 3.63) is 71.8 Å². The van der Waals surface area contributed by atoms with E-state index in [0.717, 1.165) is 0 Å². The van der Waals surface area contributed by atoms with Gasteiger partial charge in [-0.2, -0.15) is 26.3 Å². The van der Waals surface area contributed by atoms with Crippen LogP contribution in [0.2, 0.25) is 0 Å². The van der Waals surface area contributed by atoms with Crippen LogP contribution in [0.4, 0.5) is 37.7 Å². The molecular weight excluding hydrogens is 382 g/mol. The average molecular weight is 396 g/mol. The van der Waals surface area contributed by atoms with Gasteiger partial charge in [0.05, 0.1) is 11.1 Å². The van der Waals surface area contributed by atoms with Crippen LogP contribution in [0, 0.1) is 0 Å². The SMILES string of the molecule is Nc1ccc(-c2cc(C(F)(F)F)c(-c3ccc(N)cc3)cc2C(F)(F)F)cc1. The zero-order valence-corrected chi connectivity index (χ0v) is 14.2. The number of nitrogen functional groups attached to an aromatic ring is 2. The largest absolute Gasteiger partial charge is 0.417 e. The first-order valence-corrected chi connectivity index (χ1v) is 8.01. The van der Waals surface area contributed by atoms with E-state index >= 15 is 0 Å². The summed E-state index contributed by atoms with van der Waals surface area (Å²) in [6.07, 6.45) is -9.72. The summed E-state index contributed by atoms with van der Waals surface area (Å²) < 4.78 is 82.1. The Morgan fingerprint density at radius 1 is 0.500 bits per heavy atom. The predicted molar refractivity (Wildman–Crippen MR) is 96.1 cm³/mol. The lowest BCUT2D eigenvalue weighted by Gasteiger charge is -2.20. The summed E-state index contributed by atoms with van der Waals surface area (Å²) in [6, 6.07) is 11.4. The quantitative estimate of drug-likeness (QED) is 0.399. The lowest BCUT2D eigenvalue weighted by atomic mass is 9.90. The molecule has 0 amide bonds. The highest BCUT2D eigenvalue weighted by atomic mass is 19.4. The van der Waals surface area contributed by atoms with Crippen LogP contribution in [0.3, 0.4) is 0 Å². The average Bonchev–Trinajstić information content (AvgIpc) is 2.60. The van der Waals surface area contributed by atoms with Gasteiger partial charge in [-0.1, -0.05) is 24.3 Å². The molecule has 0 spiro atoms. The van der Waals surface area contributed by atoms with Gasteiger partial charge in [0, 0.05) is 11.4 Å². The molecule has 0 aliphatic rings. The molecule has 8 heteroatoms. The minimum atomic E-state index is -4.86. The second-order valence-corrected chi connectivity index (χ2v) is 6.18. The molecule has 3 aromatic carbocycles. The van der Waals surface area contributed by atoms with Crippen molar-refractivity contribution in [2.75, 3.05) is 11.5 Å². The van der Waals surface area contributed by atoms with Crippen molar-refractivity contribution < 1.29 is 26.3 Å². The van der Waals surface area contributed by atoms with Crippen molar-refractivity contribution in [2.24, 2.45) is 0 Å². The van der Waals surface area contributed by atoms with E-state index in [0.29, 0.717) is 12.1 Å². The lowest BCUT2D eigenvalue weighted by Crippen LogP contribution is -2.13. The number of rotatable bonds is 2. The number of benzene rings is 3. The maximum Gasteiger partial charge on any atom is 0.417 e. The molecule has 0 bridgehead atoms. The maximum absolute atomic E-state index is 13.7. The second-order valence-electron chi connectivity index (χ2n) is 6.18. The third-order valence-corrected chi connectivity index (χ3v) is 4.21. The molecule has 0 heterocycles. The van der Waals surface area contributed by atoms with Crippen LogP contribution in [0.25, 0.3) is 22.3 Å². The molecule has 0 radical (unpaired) electrons. The normalized spacial score (nSPS) is 12.2. The van der Waals surface area contributed by atoms with Gasteiger partial charge in [0.25, 0.3) is 0 Å². The Labute approximate surface area is 156 Å². The molecular formula is C20H14F6N2. The van der Waals surface area contributed by atoms with Gasteiger partial charge in [0.15, 0.2) is 0 Å². The first-order valence-electron chi connectivity index (χ1n) is 8.01. The first kappa shape index (κ1) is 19.6. The summed E-state index contributed by atoms with van der Waals surface area (Å²) in [4.78, 5) is 0. The molecule has 0 atom stereocenters. The molecule has 0 saturated carbocycles. The van der Waals surface area contributed by atoms with Crippen molar-refractivity contribution in [2.45, 2.75) is 12.4 Å². The molecule has 0 aliphatic carbocycles. The fourth-order valence-corrected chi connectivity index (χ4v) is 2.87. The van der Waals surface area contributed by atoms with Crippen LogP contribution in [-0.4, -0.2) is 0 Å². The Balaban J connectivity index is 2.35. The topological polar surface area (TPSA) is 52.0 Å². The minimum absolute atomic E-state index is 0.0177. The summed E-state index contributed by atoms with van der Waals surface area (Å²) in [5.74, 6) is 0. The van der Waals surface area contributed by atoms with Crippen LogP contribution in [0.15, 0.2) is 60.7 Å². The lowest BCUT2D eigenvalue weighted by molar-refractivity contribution is -0.140. The summed E-state index contributed by atoms with van der Waals surface area (Å²) >= 11 is 0. The third-order valence-electron chi connectivity index (χ3n) is 4.21. The highest BCUT2D eigenvalue weighted by Gasteiger charge is 2.40. The van der Waals surface area contributed by atoms with E-state index in [9.17, 15) is 26.3 Å². The molecule has 2 nitrogen and oxygen atoms in total. The highest BCUT2D eigenvalue weighted by molar-refractivity contribution is 5.78. The molecule has 146 valence electrons. The monoisotopic (exact) mass is 396 g/mol. The van der Waals surface area contributed by atoms with Gasteiger partial charge in [0.1, 0.15) is 0 Å². The molecule has 0 aliphatic heterocycles. The smallest absolute Gasteiger partial charge is 0.399 e. The van der Waals surface area contributed by atoms with E-state index in [2.05, 4.69) is 0 Å². The van der Waals surface area contributed by atoms with Crippen LogP contribution in [0.1, 0.15) is 11.1 Å². The first-order chi connectivity index (χ1) is 13.0. The Hall–Kier alpha value is -3.16. The Morgan fingerprint density at radius 3 is 1.04 bits per heavy atom. The molecule has 0 unspecified atom stereocenters. The van der Waals surface area contributed by atoms with Crippen LogP contribution < -0.4 is 11.5 Å². The van der Waals surface area contributed by atoms with Crippen LogP contribution in [-0.2, 0) is 12.4 Å². The summed E-state index contributed by atoms with van der Waals surface area (Å²) in [5.41, 5.74) is 8.11. The standard InChI is InChI=1S/C20H14F6N2/c21-19(22,23)17-10-16(12-3-7-14(28)8-4-12)18(20(24,25)26)9-15(17)11-1-5-13(27)6-2-11/h1-10H,27-28H2. The number of hydrogen-bond donors (Lipinski definition) is 2. The van der Waals surface area contributed by atoms with Gasteiger partial charge in [-0.3, -0.25) is 0 Å². The molecule has 0 saturated heterocycles. The van der Waals surface area contributed by atoms with Crippen LogP contribution >= 0.6 is 0 Å². The zero-order chi connectivity index (χ0) is 20.7. The number of anilines is 2. The van der Waals surface area contributed by atoms with Crippen molar-refractivity contribution in [1.29, 1.82) is 0 Å². The van der Waals surface area contributed by atoms with E-state index in [1.54, 1.807) is 0 Å². The van der Waals surface area contributed by atoms with Crippen LogP contribution in [0.5, 0.6) is 0 Å².